The molecule has 1 aliphatic carbocycles. The number of carbonyl (C=O) groups is 3. The van der Waals surface area contributed by atoms with E-state index in [1.54, 1.807) is 24.3 Å². The second kappa shape index (κ2) is 13.9. The molecule has 0 fully saturated rings. The molecule has 2 amide bonds. The molecular weight excluding hydrogens is 563 g/mol. The zero-order valence-corrected chi connectivity index (χ0v) is 23.1. The molecule has 8 nitrogen and oxygen atoms in total. The monoisotopic (exact) mass is 593 g/mol. The van der Waals surface area contributed by atoms with Gasteiger partial charge in [0.2, 0.25) is 5.91 Å². The number of carbonyl (C=O) groups excluding carboxylic acids is 2. The largest absolute Gasteiger partial charge is 0.481 e. The number of aliphatic carboxylic acids is 1. The molecule has 224 valence electrons. The van der Waals surface area contributed by atoms with Crippen LogP contribution in [0, 0.1) is 4.91 Å². The number of rotatable bonds is 11. The molecule has 0 aromatic heterocycles. The van der Waals surface area contributed by atoms with Crippen LogP contribution >= 0.6 is 0 Å². The highest BCUT2D eigenvalue weighted by atomic mass is 19.4. The van der Waals surface area contributed by atoms with Gasteiger partial charge < -0.3 is 15.7 Å². The van der Waals surface area contributed by atoms with Crippen LogP contribution in [-0.4, -0.2) is 29.4 Å². The molecule has 3 aromatic carbocycles. The number of alkyl halides is 3. The van der Waals surface area contributed by atoms with E-state index in [0.717, 1.165) is 43.4 Å². The standard InChI is InChI=1S/C32H30F3N3O5/c33-32(34,35)25-17-26(19-27(18-25)38-43)37-31(42)28(23-12-10-22(11-13-23)21-4-2-1-3-5-21)16-20-6-8-24(9-7-20)30(41)36-15-14-29(39)40/h4,6-13,17-19,28H,1-3,5,14-16H2,(H,36,41)(H,37,42)(H,39,40). The third kappa shape index (κ3) is 8.60. The van der Waals surface area contributed by atoms with Crippen molar-refractivity contribution in [2.24, 2.45) is 5.18 Å². The molecule has 3 N–H and O–H groups in total. The molecule has 4 rings (SSSR count). The molecule has 0 spiro atoms. The van der Waals surface area contributed by atoms with E-state index < -0.39 is 41.1 Å². The van der Waals surface area contributed by atoms with Gasteiger partial charge in [-0.05, 0) is 89.9 Å². The molecule has 11 heteroatoms. The minimum atomic E-state index is -4.75. The van der Waals surface area contributed by atoms with Gasteiger partial charge in [-0.3, -0.25) is 14.4 Å². The molecule has 43 heavy (non-hydrogen) atoms. The minimum absolute atomic E-state index is 0.0259. The highest BCUT2D eigenvalue weighted by molar-refractivity contribution is 5.97. The van der Waals surface area contributed by atoms with E-state index in [9.17, 15) is 32.5 Å². The van der Waals surface area contributed by atoms with Crippen molar-refractivity contribution in [3.05, 3.63) is 106 Å². The van der Waals surface area contributed by atoms with Crippen molar-refractivity contribution in [2.45, 2.75) is 50.6 Å². The van der Waals surface area contributed by atoms with Crippen molar-refractivity contribution in [1.82, 2.24) is 5.32 Å². The molecule has 0 bridgehead atoms. The van der Waals surface area contributed by atoms with Gasteiger partial charge in [0.25, 0.3) is 5.91 Å². The summed E-state index contributed by atoms with van der Waals surface area (Å²) in [4.78, 5) is 47.7. The maximum Gasteiger partial charge on any atom is 0.416 e. The first kappa shape index (κ1) is 31.1. The summed E-state index contributed by atoms with van der Waals surface area (Å²) in [5.74, 6) is -2.89. The third-order valence-corrected chi connectivity index (χ3v) is 7.19. The maximum absolute atomic E-state index is 13.6. The lowest BCUT2D eigenvalue weighted by Crippen LogP contribution is -2.26. The molecule has 0 saturated carbocycles. The van der Waals surface area contributed by atoms with Crippen LogP contribution in [0.5, 0.6) is 0 Å². The SMILES string of the molecule is O=Nc1cc(NC(=O)C(Cc2ccc(C(=O)NCCC(=O)O)cc2)c2ccc(C3=CCCCC3)cc2)cc(C(F)(F)F)c1. The average Bonchev–Trinajstić information content (AvgIpc) is 2.99. The summed E-state index contributed by atoms with van der Waals surface area (Å²) < 4.78 is 40.2. The van der Waals surface area contributed by atoms with Gasteiger partial charge in [-0.15, -0.1) is 4.91 Å². The fourth-order valence-corrected chi connectivity index (χ4v) is 4.93. The summed E-state index contributed by atoms with van der Waals surface area (Å²) in [5.41, 5.74) is 2.10. The van der Waals surface area contributed by atoms with Crippen LogP contribution in [0.3, 0.4) is 0 Å². The number of hydrogen-bond donors (Lipinski definition) is 3. The number of halogens is 3. The number of nitroso groups, excluding NO2 is 1. The van der Waals surface area contributed by atoms with Gasteiger partial charge in [0.15, 0.2) is 0 Å². The lowest BCUT2D eigenvalue weighted by atomic mass is 9.88. The fourth-order valence-electron chi connectivity index (χ4n) is 4.93. The van der Waals surface area contributed by atoms with Crippen molar-refractivity contribution >= 4 is 34.7 Å². The van der Waals surface area contributed by atoms with Gasteiger partial charge in [0.05, 0.1) is 17.9 Å². The first-order valence-electron chi connectivity index (χ1n) is 13.8. The second-order valence-electron chi connectivity index (χ2n) is 10.3. The lowest BCUT2D eigenvalue weighted by Gasteiger charge is -2.20. The first-order chi connectivity index (χ1) is 20.5. The Kier molecular flexibility index (Phi) is 10.1. The Morgan fingerprint density at radius 2 is 1.67 bits per heavy atom. The summed E-state index contributed by atoms with van der Waals surface area (Å²) in [6, 6.07) is 16.4. The van der Waals surface area contributed by atoms with Crippen LogP contribution in [0.4, 0.5) is 24.5 Å². The van der Waals surface area contributed by atoms with Gasteiger partial charge in [0, 0.05) is 17.8 Å². The van der Waals surface area contributed by atoms with Crippen LogP contribution in [-0.2, 0) is 22.2 Å². The highest BCUT2D eigenvalue weighted by Gasteiger charge is 2.32. The summed E-state index contributed by atoms with van der Waals surface area (Å²) >= 11 is 0. The molecule has 1 aliphatic rings. The number of carboxylic acid groups (broad SMARTS) is 1. The summed E-state index contributed by atoms with van der Waals surface area (Å²) in [6.45, 7) is -0.0259. The van der Waals surface area contributed by atoms with E-state index in [1.807, 2.05) is 24.3 Å². The highest BCUT2D eigenvalue weighted by Crippen LogP contribution is 2.35. The normalized spacial score (nSPS) is 13.9. The van der Waals surface area contributed by atoms with Gasteiger partial charge in [-0.1, -0.05) is 42.5 Å². The molecule has 0 aliphatic heterocycles. The molecule has 0 radical (unpaired) electrons. The Labute approximate surface area is 246 Å². The minimum Gasteiger partial charge on any atom is -0.481 e. The lowest BCUT2D eigenvalue weighted by molar-refractivity contribution is -0.138. The molecular formula is C32H30F3N3O5. The Bertz CT molecular complexity index is 1520. The topological polar surface area (TPSA) is 125 Å². The molecule has 0 heterocycles. The van der Waals surface area contributed by atoms with Crippen molar-refractivity contribution in [1.29, 1.82) is 0 Å². The number of amides is 2. The summed E-state index contributed by atoms with van der Waals surface area (Å²) in [7, 11) is 0. The maximum atomic E-state index is 13.6. The quantitative estimate of drug-likeness (QED) is 0.202. The Morgan fingerprint density at radius 3 is 2.28 bits per heavy atom. The number of nitrogens with one attached hydrogen (secondary N) is 2. The number of nitrogens with zero attached hydrogens (tertiary/aromatic N) is 1. The van der Waals surface area contributed by atoms with E-state index >= 15 is 0 Å². The van der Waals surface area contributed by atoms with Crippen molar-refractivity contribution in [3.8, 4) is 0 Å². The van der Waals surface area contributed by atoms with Gasteiger partial charge in [0.1, 0.15) is 5.69 Å². The van der Waals surface area contributed by atoms with Crippen molar-refractivity contribution in [3.63, 3.8) is 0 Å². The number of allylic oxidation sites excluding steroid dienone is 2. The van der Waals surface area contributed by atoms with Crippen LogP contribution < -0.4 is 10.6 Å². The molecule has 1 unspecified atom stereocenters. The molecule has 3 aromatic rings. The predicted molar refractivity (Wildman–Crippen MR) is 156 cm³/mol. The fraction of sp³-hybridized carbons (Fsp3) is 0.281. The smallest absolute Gasteiger partial charge is 0.416 e. The van der Waals surface area contributed by atoms with E-state index in [2.05, 4.69) is 21.9 Å². The van der Waals surface area contributed by atoms with E-state index in [1.165, 1.54) is 5.57 Å². The zero-order chi connectivity index (χ0) is 31.0. The number of hydrogen-bond acceptors (Lipinski definition) is 5. The Morgan fingerprint density at radius 1 is 0.953 bits per heavy atom. The average molecular weight is 594 g/mol. The third-order valence-electron chi connectivity index (χ3n) is 7.19. The Hall–Kier alpha value is -4.80. The van der Waals surface area contributed by atoms with E-state index in [-0.39, 0.29) is 25.1 Å². The first-order valence-corrected chi connectivity index (χ1v) is 13.8. The van der Waals surface area contributed by atoms with Crippen molar-refractivity contribution in [2.75, 3.05) is 11.9 Å². The number of carboxylic acids is 1. The molecule has 1 atom stereocenters. The summed E-state index contributed by atoms with van der Waals surface area (Å²) in [6.07, 6.45) is 1.61. The van der Waals surface area contributed by atoms with Crippen LogP contribution in [0.2, 0.25) is 0 Å². The van der Waals surface area contributed by atoms with Crippen molar-refractivity contribution < 1.29 is 32.7 Å². The predicted octanol–water partition coefficient (Wildman–Crippen LogP) is 7.23. The number of benzene rings is 3. The van der Waals surface area contributed by atoms with Crippen LogP contribution in [0.15, 0.2) is 78.0 Å². The van der Waals surface area contributed by atoms with E-state index in [0.29, 0.717) is 22.8 Å². The van der Waals surface area contributed by atoms with Gasteiger partial charge in [-0.2, -0.15) is 13.2 Å². The number of anilines is 1. The van der Waals surface area contributed by atoms with Crippen LogP contribution in [0.25, 0.3) is 5.57 Å². The van der Waals surface area contributed by atoms with Gasteiger partial charge in [-0.25, -0.2) is 0 Å². The Balaban J connectivity index is 1.59. The second-order valence-corrected chi connectivity index (χ2v) is 10.3. The van der Waals surface area contributed by atoms with E-state index in [4.69, 9.17) is 5.11 Å². The zero-order valence-electron chi connectivity index (χ0n) is 23.1. The van der Waals surface area contributed by atoms with Gasteiger partial charge >= 0.3 is 12.1 Å². The van der Waals surface area contributed by atoms with Crippen LogP contribution in [0.1, 0.15) is 70.6 Å². The molecule has 0 saturated heterocycles. The summed E-state index contributed by atoms with van der Waals surface area (Å²) in [5, 5.41) is 16.4.